The van der Waals surface area contributed by atoms with Gasteiger partial charge in [-0.05, 0) is 18.6 Å². The largest absolute Gasteiger partial charge is 0.352 e. The summed E-state index contributed by atoms with van der Waals surface area (Å²) < 4.78 is 1.31. The van der Waals surface area contributed by atoms with Gasteiger partial charge < -0.3 is 5.32 Å². The quantitative estimate of drug-likeness (QED) is 0.885. The number of amides is 1. The number of nitrogens with zero attached hydrogens (tertiary/aromatic N) is 3. The van der Waals surface area contributed by atoms with Crippen molar-refractivity contribution in [3.63, 3.8) is 0 Å². The molecule has 0 fully saturated rings. The first-order valence-electron chi connectivity index (χ1n) is 6.77. The number of fused-ring (bicyclic) bond motifs is 1. The Morgan fingerprint density at radius 2 is 2.10 bits per heavy atom. The molecule has 6 nitrogen and oxygen atoms in total. The van der Waals surface area contributed by atoms with Gasteiger partial charge in [-0.2, -0.15) is 0 Å². The van der Waals surface area contributed by atoms with Gasteiger partial charge in [0.05, 0.1) is 11.9 Å². The summed E-state index contributed by atoms with van der Waals surface area (Å²) in [4.78, 5) is 23.7. The normalized spacial score (nSPS) is 12.3. The summed E-state index contributed by atoms with van der Waals surface area (Å²) >= 11 is 0. The van der Waals surface area contributed by atoms with E-state index in [1.807, 2.05) is 13.0 Å². The van der Waals surface area contributed by atoms with Crippen LogP contribution < -0.4 is 10.9 Å². The zero-order valence-corrected chi connectivity index (χ0v) is 11.7. The maximum atomic E-state index is 12.3. The fraction of sp³-hybridized carbons (Fsp3) is 0.429. The van der Waals surface area contributed by atoms with Crippen LogP contribution in [0.15, 0.2) is 29.1 Å². The number of carbonyl (C=O) groups is 1. The average Bonchev–Trinajstić information content (AvgIpc) is 2.49. The highest BCUT2D eigenvalue weighted by molar-refractivity contribution is 5.76. The molecule has 0 saturated carbocycles. The Hall–Kier alpha value is -2.24. The fourth-order valence-electron chi connectivity index (χ4n) is 1.96. The lowest BCUT2D eigenvalue weighted by atomic mass is 10.2. The highest BCUT2D eigenvalue weighted by atomic mass is 16.2. The second kappa shape index (κ2) is 6.27. The SMILES string of the molecule is CCC(=O)N[C@@H](CC)Cn1nnc2ccccc2c1=O. The summed E-state index contributed by atoms with van der Waals surface area (Å²) in [6, 6.07) is 6.98. The van der Waals surface area contributed by atoms with Crippen LogP contribution in [0.4, 0.5) is 0 Å². The molecule has 1 aromatic heterocycles. The van der Waals surface area contributed by atoms with Crippen molar-refractivity contribution in [1.29, 1.82) is 0 Å². The van der Waals surface area contributed by atoms with E-state index in [2.05, 4.69) is 15.6 Å². The smallest absolute Gasteiger partial charge is 0.277 e. The van der Waals surface area contributed by atoms with Crippen LogP contribution in [-0.2, 0) is 11.3 Å². The van der Waals surface area contributed by atoms with E-state index in [-0.39, 0.29) is 17.5 Å². The second-order valence-electron chi connectivity index (χ2n) is 4.62. The molecule has 0 bridgehead atoms. The molecule has 6 heteroatoms. The summed E-state index contributed by atoms with van der Waals surface area (Å²) in [7, 11) is 0. The monoisotopic (exact) mass is 274 g/mol. The maximum absolute atomic E-state index is 12.3. The highest BCUT2D eigenvalue weighted by Crippen LogP contribution is 2.04. The number of hydrogen-bond acceptors (Lipinski definition) is 4. The summed E-state index contributed by atoms with van der Waals surface area (Å²) in [6.45, 7) is 4.09. The molecule has 1 atom stereocenters. The van der Waals surface area contributed by atoms with Crippen molar-refractivity contribution in [2.24, 2.45) is 0 Å². The van der Waals surface area contributed by atoms with E-state index < -0.39 is 0 Å². The van der Waals surface area contributed by atoms with Gasteiger partial charge in [-0.15, -0.1) is 5.10 Å². The molecule has 106 valence electrons. The van der Waals surface area contributed by atoms with E-state index in [0.717, 1.165) is 6.42 Å². The number of carbonyl (C=O) groups excluding carboxylic acids is 1. The van der Waals surface area contributed by atoms with Gasteiger partial charge in [0, 0.05) is 12.5 Å². The van der Waals surface area contributed by atoms with Gasteiger partial charge >= 0.3 is 0 Å². The van der Waals surface area contributed by atoms with E-state index in [4.69, 9.17) is 0 Å². The Balaban J connectivity index is 2.26. The zero-order chi connectivity index (χ0) is 14.5. The van der Waals surface area contributed by atoms with Gasteiger partial charge in [-0.1, -0.05) is 31.2 Å². The van der Waals surface area contributed by atoms with Gasteiger partial charge in [0.25, 0.3) is 5.56 Å². The van der Waals surface area contributed by atoms with Crippen LogP contribution in [0, 0.1) is 0 Å². The van der Waals surface area contributed by atoms with Crippen LogP contribution in [0.5, 0.6) is 0 Å². The lowest BCUT2D eigenvalue weighted by molar-refractivity contribution is -0.121. The molecule has 2 aromatic rings. The molecule has 1 N–H and O–H groups in total. The number of benzene rings is 1. The standard InChI is InChI=1S/C14H18N4O2/c1-3-10(15-13(19)4-2)9-18-14(20)11-7-5-6-8-12(11)16-17-18/h5-8,10H,3-4,9H2,1-2H3,(H,15,19)/t10-/m0/s1. The fourth-order valence-corrected chi connectivity index (χ4v) is 1.96. The van der Waals surface area contributed by atoms with Gasteiger partial charge in [-0.25, -0.2) is 4.68 Å². The van der Waals surface area contributed by atoms with Crippen molar-refractivity contribution in [2.75, 3.05) is 0 Å². The average molecular weight is 274 g/mol. The van der Waals surface area contributed by atoms with Crippen molar-refractivity contribution in [2.45, 2.75) is 39.3 Å². The number of aromatic nitrogens is 3. The molecular weight excluding hydrogens is 256 g/mol. The van der Waals surface area contributed by atoms with Gasteiger partial charge in [0.15, 0.2) is 0 Å². The molecule has 1 amide bonds. The lowest BCUT2D eigenvalue weighted by Gasteiger charge is -2.16. The molecule has 2 rings (SSSR count). The Kier molecular flexibility index (Phi) is 4.45. The predicted octanol–water partition coefficient (Wildman–Crippen LogP) is 1.10. The highest BCUT2D eigenvalue weighted by Gasteiger charge is 2.13. The van der Waals surface area contributed by atoms with Gasteiger partial charge in [0.2, 0.25) is 5.91 Å². The van der Waals surface area contributed by atoms with Crippen molar-refractivity contribution in [3.8, 4) is 0 Å². The maximum Gasteiger partial charge on any atom is 0.277 e. The van der Waals surface area contributed by atoms with Crippen LogP contribution in [0.3, 0.4) is 0 Å². The molecule has 0 radical (unpaired) electrons. The van der Waals surface area contributed by atoms with E-state index in [0.29, 0.717) is 23.9 Å². The summed E-state index contributed by atoms with van der Waals surface area (Å²) in [6.07, 6.45) is 1.15. The van der Waals surface area contributed by atoms with Crippen molar-refractivity contribution < 1.29 is 4.79 Å². The molecule has 0 aliphatic carbocycles. The third-order valence-electron chi connectivity index (χ3n) is 3.20. The van der Waals surface area contributed by atoms with Gasteiger partial charge in [0.1, 0.15) is 5.52 Å². The van der Waals surface area contributed by atoms with E-state index in [1.165, 1.54) is 4.68 Å². The number of nitrogens with one attached hydrogen (secondary N) is 1. The van der Waals surface area contributed by atoms with Crippen LogP contribution in [-0.4, -0.2) is 26.9 Å². The Labute approximate surface area is 116 Å². The van der Waals surface area contributed by atoms with Crippen molar-refractivity contribution in [3.05, 3.63) is 34.6 Å². The number of rotatable bonds is 5. The Bertz CT molecular complexity index is 666. The Morgan fingerprint density at radius 1 is 1.35 bits per heavy atom. The summed E-state index contributed by atoms with van der Waals surface area (Å²) in [5.74, 6) is -0.0290. The summed E-state index contributed by atoms with van der Waals surface area (Å²) in [5.41, 5.74) is 0.402. The topological polar surface area (TPSA) is 76.9 Å². The van der Waals surface area contributed by atoms with E-state index >= 15 is 0 Å². The molecular formula is C14H18N4O2. The van der Waals surface area contributed by atoms with Crippen LogP contribution in [0.2, 0.25) is 0 Å². The minimum Gasteiger partial charge on any atom is -0.352 e. The van der Waals surface area contributed by atoms with Gasteiger partial charge in [-0.3, -0.25) is 9.59 Å². The second-order valence-corrected chi connectivity index (χ2v) is 4.62. The minimum atomic E-state index is -0.181. The zero-order valence-electron chi connectivity index (χ0n) is 11.7. The third-order valence-corrected chi connectivity index (χ3v) is 3.20. The predicted molar refractivity (Wildman–Crippen MR) is 76.3 cm³/mol. The van der Waals surface area contributed by atoms with Crippen molar-refractivity contribution >= 4 is 16.8 Å². The first kappa shape index (κ1) is 14.2. The van der Waals surface area contributed by atoms with Crippen LogP contribution >= 0.6 is 0 Å². The molecule has 0 aliphatic heterocycles. The van der Waals surface area contributed by atoms with E-state index in [9.17, 15) is 9.59 Å². The molecule has 0 unspecified atom stereocenters. The number of hydrogen-bond donors (Lipinski definition) is 1. The summed E-state index contributed by atoms with van der Waals surface area (Å²) in [5, 5.41) is 11.4. The molecule has 0 spiro atoms. The molecule has 1 heterocycles. The first-order valence-corrected chi connectivity index (χ1v) is 6.77. The minimum absolute atomic E-state index is 0.0290. The van der Waals surface area contributed by atoms with Crippen LogP contribution in [0.1, 0.15) is 26.7 Å². The van der Waals surface area contributed by atoms with E-state index in [1.54, 1.807) is 25.1 Å². The lowest BCUT2D eigenvalue weighted by Crippen LogP contribution is -2.40. The molecule has 0 saturated heterocycles. The van der Waals surface area contributed by atoms with Crippen LogP contribution in [0.25, 0.3) is 10.9 Å². The Morgan fingerprint density at radius 3 is 2.80 bits per heavy atom. The third kappa shape index (κ3) is 3.01. The van der Waals surface area contributed by atoms with Crippen molar-refractivity contribution in [1.82, 2.24) is 20.3 Å². The molecule has 20 heavy (non-hydrogen) atoms. The molecule has 0 aliphatic rings. The molecule has 1 aromatic carbocycles. The first-order chi connectivity index (χ1) is 9.65.